The van der Waals surface area contributed by atoms with Crippen LogP contribution in [0, 0.1) is 0 Å². The van der Waals surface area contributed by atoms with Crippen molar-refractivity contribution >= 4 is 50.8 Å². The van der Waals surface area contributed by atoms with E-state index in [0.717, 1.165) is 9.88 Å². The molecule has 0 bridgehead atoms. The van der Waals surface area contributed by atoms with E-state index in [0.29, 0.717) is 10.0 Å². The van der Waals surface area contributed by atoms with Crippen molar-refractivity contribution in [1.29, 1.82) is 0 Å². The van der Waals surface area contributed by atoms with Gasteiger partial charge in [0.05, 0.1) is 10.5 Å². The molecule has 0 aliphatic carbocycles. The Morgan fingerprint density at radius 3 is 2.52 bits per heavy atom. The number of aliphatic hydroxyl groups is 1. The predicted octanol–water partition coefficient (Wildman–Crippen LogP) is 4.57. The fraction of sp³-hybridized carbons (Fsp3) is 0.222. The van der Waals surface area contributed by atoms with Crippen molar-refractivity contribution in [3.05, 3.63) is 61.1 Å². The molecule has 0 saturated carbocycles. The number of amides is 1. The highest BCUT2D eigenvalue weighted by Gasteiger charge is 2.46. The number of Topliss-reactive ketones (excluding diaryl/α,β-unsaturated/α-hetero) is 1. The first-order chi connectivity index (χ1) is 13.0. The standard InChI is InChI=1S/C18H15N3O3S3/c1-9(2)16-19-20-18(27-16)21-13(10-5-3-7-25-10)12(15(23)17(21)24)14(22)11-6-4-8-26-11/h3-9,13,23H,1-2H3. The third-order valence-electron chi connectivity index (χ3n) is 4.14. The summed E-state index contributed by atoms with van der Waals surface area (Å²) in [6.07, 6.45) is 0. The van der Waals surface area contributed by atoms with Crippen molar-refractivity contribution in [3.63, 3.8) is 0 Å². The first-order valence-corrected chi connectivity index (χ1v) is 10.8. The van der Waals surface area contributed by atoms with Crippen molar-refractivity contribution in [1.82, 2.24) is 10.2 Å². The third kappa shape index (κ3) is 3.01. The summed E-state index contributed by atoms with van der Waals surface area (Å²) < 4.78 is 0. The molecule has 6 nitrogen and oxygen atoms in total. The SMILES string of the molecule is CC(C)c1nnc(N2C(=O)C(O)=C(C(=O)c3cccs3)C2c2cccs2)s1. The molecule has 1 amide bonds. The van der Waals surface area contributed by atoms with Gasteiger partial charge in [-0.3, -0.25) is 14.5 Å². The molecule has 0 spiro atoms. The maximum absolute atomic E-state index is 13.0. The largest absolute Gasteiger partial charge is 0.503 e. The minimum absolute atomic E-state index is 0.0891. The summed E-state index contributed by atoms with van der Waals surface area (Å²) in [6, 6.07) is 6.45. The van der Waals surface area contributed by atoms with Crippen LogP contribution in [0.5, 0.6) is 0 Å². The fourth-order valence-corrected chi connectivity index (χ4v) is 5.22. The van der Waals surface area contributed by atoms with Crippen LogP contribution in [0.2, 0.25) is 0 Å². The quantitative estimate of drug-likeness (QED) is 0.615. The van der Waals surface area contributed by atoms with E-state index in [4.69, 9.17) is 0 Å². The Bertz CT molecular complexity index is 1020. The molecule has 3 aromatic rings. The molecule has 0 radical (unpaired) electrons. The molecule has 1 N–H and O–H groups in total. The number of aliphatic hydroxyl groups excluding tert-OH is 1. The van der Waals surface area contributed by atoms with Crippen LogP contribution in [0.4, 0.5) is 5.13 Å². The predicted molar refractivity (Wildman–Crippen MR) is 107 cm³/mol. The normalized spacial score (nSPS) is 17.4. The molecule has 138 valence electrons. The number of rotatable bonds is 5. The molecule has 0 aromatic carbocycles. The molecule has 3 aromatic heterocycles. The number of anilines is 1. The fourth-order valence-electron chi connectivity index (χ4n) is 2.85. The second kappa shape index (κ2) is 6.99. The van der Waals surface area contributed by atoms with E-state index in [1.54, 1.807) is 17.5 Å². The summed E-state index contributed by atoms with van der Waals surface area (Å²) >= 11 is 4.00. The molecule has 27 heavy (non-hydrogen) atoms. The summed E-state index contributed by atoms with van der Waals surface area (Å²) in [6.45, 7) is 3.99. The van der Waals surface area contributed by atoms with Gasteiger partial charge in [0.1, 0.15) is 11.0 Å². The Kier molecular flexibility index (Phi) is 4.67. The minimum Gasteiger partial charge on any atom is -0.503 e. The van der Waals surface area contributed by atoms with Crippen molar-refractivity contribution < 1.29 is 14.7 Å². The maximum Gasteiger partial charge on any atom is 0.296 e. The molecular weight excluding hydrogens is 402 g/mol. The van der Waals surface area contributed by atoms with E-state index in [-0.39, 0.29) is 17.3 Å². The maximum atomic E-state index is 13.0. The van der Waals surface area contributed by atoms with Crippen LogP contribution < -0.4 is 4.90 Å². The van der Waals surface area contributed by atoms with Crippen molar-refractivity contribution in [2.24, 2.45) is 0 Å². The van der Waals surface area contributed by atoms with E-state index in [9.17, 15) is 14.7 Å². The average molecular weight is 418 g/mol. The molecule has 4 heterocycles. The summed E-state index contributed by atoms with van der Waals surface area (Å²) in [4.78, 5) is 28.6. The van der Waals surface area contributed by atoms with Gasteiger partial charge in [0.15, 0.2) is 5.76 Å². The number of hydrogen-bond donors (Lipinski definition) is 1. The van der Waals surface area contributed by atoms with Gasteiger partial charge in [0.2, 0.25) is 10.9 Å². The van der Waals surface area contributed by atoms with Crippen LogP contribution in [0.25, 0.3) is 0 Å². The van der Waals surface area contributed by atoms with E-state index in [2.05, 4.69) is 10.2 Å². The number of ketones is 1. The summed E-state index contributed by atoms with van der Waals surface area (Å²) in [5.74, 6) is -1.32. The topological polar surface area (TPSA) is 83.4 Å². The van der Waals surface area contributed by atoms with Gasteiger partial charge in [-0.2, -0.15) is 0 Å². The first kappa shape index (κ1) is 18.0. The zero-order valence-corrected chi connectivity index (χ0v) is 16.9. The number of thiophene rings is 2. The second-order valence-electron chi connectivity index (χ2n) is 6.24. The number of aromatic nitrogens is 2. The van der Waals surface area contributed by atoms with Crippen LogP contribution in [0.1, 0.15) is 45.4 Å². The molecular formula is C18H15N3O3S3. The molecule has 1 atom stereocenters. The van der Waals surface area contributed by atoms with Gasteiger partial charge in [0.25, 0.3) is 5.91 Å². The Hall–Kier alpha value is -2.36. The highest BCUT2D eigenvalue weighted by atomic mass is 32.1. The Morgan fingerprint density at radius 2 is 1.93 bits per heavy atom. The number of hydrogen-bond acceptors (Lipinski definition) is 8. The van der Waals surface area contributed by atoms with Crippen LogP contribution in [-0.4, -0.2) is 27.0 Å². The summed E-state index contributed by atoms with van der Waals surface area (Å²) in [5.41, 5.74) is 0.0891. The van der Waals surface area contributed by atoms with Crippen LogP contribution in [0.3, 0.4) is 0 Å². The Morgan fingerprint density at radius 1 is 1.19 bits per heavy atom. The smallest absolute Gasteiger partial charge is 0.296 e. The van der Waals surface area contributed by atoms with Crippen molar-refractivity contribution in [2.45, 2.75) is 25.8 Å². The van der Waals surface area contributed by atoms with Crippen molar-refractivity contribution in [3.8, 4) is 0 Å². The highest BCUT2D eigenvalue weighted by molar-refractivity contribution is 7.15. The second-order valence-corrected chi connectivity index (χ2v) is 9.15. The number of carbonyl (C=O) groups is 2. The zero-order chi connectivity index (χ0) is 19.1. The zero-order valence-electron chi connectivity index (χ0n) is 14.4. The lowest BCUT2D eigenvalue weighted by atomic mass is 10.0. The molecule has 4 rings (SSSR count). The van der Waals surface area contributed by atoms with Gasteiger partial charge in [-0.1, -0.05) is 37.3 Å². The molecule has 1 unspecified atom stereocenters. The lowest BCUT2D eigenvalue weighted by Gasteiger charge is -2.22. The van der Waals surface area contributed by atoms with Crippen LogP contribution in [0.15, 0.2) is 46.4 Å². The lowest BCUT2D eigenvalue weighted by molar-refractivity contribution is -0.117. The Labute approximate surface area is 167 Å². The van der Waals surface area contributed by atoms with Gasteiger partial charge in [-0.05, 0) is 22.9 Å². The van der Waals surface area contributed by atoms with Crippen molar-refractivity contribution in [2.75, 3.05) is 4.90 Å². The third-order valence-corrected chi connectivity index (χ3v) is 7.16. The van der Waals surface area contributed by atoms with Crippen LogP contribution in [-0.2, 0) is 4.79 Å². The van der Waals surface area contributed by atoms with Gasteiger partial charge in [-0.25, -0.2) is 0 Å². The van der Waals surface area contributed by atoms with E-state index >= 15 is 0 Å². The average Bonchev–Trinajstić information content (AvgIpc) is 3.43. The summed E-state index contributed by atoms with van der Waals surface area (Å²) in [5, 5.41) is 23.7. The number of carbonyl (C=O) groups excluding carboxylic acids is 2. The molecule has 1 aliphatic heterocycles. The first-order valence-electron chi connectivity index (χ1n) is 8.20. The van der Waals surface area contributed by atoms with Gasteiger partial charge >= 0.3 is 0 Å². The monoisotopic (exact) mass is 417 g/mol. The Balaban J connectivity index is 1.83. The lowest BCUT2D eigenvalue weighted by Crippen LogP contribution is -2.30. The van der Waals surface area contributed by atoms with E-state index in [1.165, 1.54) is 38.9 Å². The van der Waals surface area contributed by atoms with E-state index < -0.39 is 17.7 Å². The van der Waals surface area contributed by atoms with E-state index in [1.807, 2.05) is 31.4 Å². The number of nitrogens with zero attached hydrogens (tertiary/aromatic N) is 3. The van der Waals surface area contributed by atoms with Gasteiger partial charge in [0, 0.05) is 10.8 Å². The van der Waals surface area contributed by atoms with Gasteiger partial charge < -0.3 is 5.11 Å². The van der Waals surface area contributed by atoms with Gasteiger partial charge in [-0.15, -0.1) is 32.9 Å². The minimum atomic E-state index is -0.708. The molecule has 1 aliphatic rings. The molecule has 0 saturated heterocycles. The van der Waals surface area contributed by atoms with Crippen LogP contribution >= 0.6 is 34.0 Å². The molecule has 9 heteroatoms. The molecule has 0 fully saturated rings. The highest BCUT2D eigenvalue weighted by Crippen LogP contribution is 2.44. The summed E-state index contributed by atoms with van der Waals surface area (Å²) in [7, 11) is 0.